The fourth-order valence-electron chi connectivity index (χ4n) is 1.79. The SMILES string of the molecule is CC(C)CN(CCCCC(N)=S)CCN(C)C. The summed E-state index contributed by atoms with van der Waals surface area (Å²) < 4.78 is 0. The van der Waals surface area contributed by atoms with Crippen LogP contribution in [-0.2, 0) is 0 Å². The first kappa shape index (κ1) is 16.8. The molecule has 0 aromatic heterocycles. The number of nitrogens with two attached hydrogens (primary N) is 1. The van der Waals surface area contributed by atoms with Crippen LogP contribution in [0.15, 0.2) is 0 Å². The molecule has 0 saturated carbocycles. The van der Waals surface area contributed by atoms with Crippen LogP contribution in [0.25, 0.3) is 0 Å². The second-order valence-corrected chi connectivity index (χ2v) is 5.95. The molecule has 3 nitrogen and oxygen atoms in total. The van der Waals surface area contributed by atoms with Crippen molar-refractivity contribution in [2.24, 2.45) is 11.7 Å². The van der Waals surface area contributed by atoms with Gasteiger partial charge in [0.1, 0.15) is 0 Å². The molecular formula is C13H29N3S. The largest absolute Gasteiger partial charge is 0.393 e. The van der Waals surface area contributed by atoms with Gasteiger partial charge in [0.15, 0.2) is 0 Å². The van der Waals surface area contributed by atoms with Crippen molar-refractivity contribution in [3.8, 4) is 0 Å². The monoisotopic (exact) mass is 259 g/mol. The second kappa shape index (κ2) is 9.80. The highest BCUT2D eigenvalue weighted by Gasteiger charge is 2.07. The third-order valence-electron chi connectivity index (χ3n) is 2.63. The van der Waals surface area contributed by atoms with Gasteiger partial charge in [-0.2, -0.15) is 0 Å². The summed E-state index contributed by atoms with van der Waals surface area (Å²) in [4.78, 5) is 5.43. The molecule has 0 heterocycles. The van der Waals surface area contributed by atoms with Crippen LogP contribution in [0.1, 0.15) is 33.1 Å². The summed E-state index contributed by atoms with van der Waals surface area (Å²) in [5.41, 5.74) is 5.50. The second-order valence-electron chi connectivity index (χ2n) is 5.42. The standard InChI is InChI=1S/C13H29N3S/c1-12(2)11-16(10-9-15(3)4)8-6-5-7-13(14)17/h12H,5-11H2,1-4H3,(H2,14,17). The van der Waals surface area contributed by atoms with Crippen molar-refractivity contribution in [3.63, 3.8) is 0 Å². The Bertz CT molecular complexity index is 205. The van der Waals surface area contributed by atoms with Gasteiger partial charge in [-0.15, -0.1) is 0 Å². The maximum Gasteiger partial charge on any atom is 0.0727 e. The molecule has 2 N–H and O–H groups in total. The Labute approximate surface area is 112 Å². The molecule has 0 radical (unpaired) electrons. The molecule has 0 atom stereocenters. The molecule has 0 aromatic carbocycles. The zero-order valence-corrected chi connectivity index (χ0v) is 12.7. The number of rotatable bonds is 10. The molecule has 0 fully saturated rings. The van der Waals surface area contributed by atoms with E-state index in [0.717, 1.165) is 38.4 Å². The topological polar surface area (TPSA) is 32.5 Å². The maximum atomic E-state index is 5.50. The number of unbranched alkanes of at least 4 members (excludes halogenated alkanes) is 1. The minimum atomic E-state index is 0.647. The van der Waals surface area contributed by atoms with Crippen molar-refractivity contribution >= 4 is 17.2 Å². The van der Waals surface area contributed by atoms with Crippen molar-refractivity contribution in [1.29, 1.82) is 0 Å². The van der Waals surface area contributed by atoms with Crippen LogP contribution in [0.3, 0.4) is 0 Å². The predicted octanol–water partition coefficient (Wildman–Crippen LogP) is 1.96. The van der Waals surface area contributed by atoms with Crippen molar-refractivity contribution in [3.05, 3.63) is 0 Å². The highest BCUT2D eigenvalue weighted by molar-refractivity contribution is 7.80. The lowest BCUT2D eigenvalue weighted by Gasteiger charge is -2.25. The Kier molecular flexibility index (Phi) is 9.69. The van der Waals surface area contributed by atoms with E-state index in [1.54, 1.807) is 0 Å². The Balaban J connectivity index is 3.80. The Morgan fingerprint density at radius 1 is 1.12 bits per heavy atom. The van der Waals surface area contributed by atoms with Crippen molar-refractivity contribution < 1.29 is 0 Å². The van der Waals surface area contributed by atoms with Crippen LogP contribution in [0, 0.1) is 5.92 Å². The van der Waals surface area contributed by atoms with Gasteiger partial charge in [-0.25, -0.2) is 0 Å². The molecule has 0 aliphatic carbocycles. The van der Waals surface area contributed by atoms with Gasteiger partial charge in [-0.1, -0.05) is 26.1 Å². The lowest BCUT2D eigenvalue weighted by molar-refractivity contribution is 0.216. The van der Waals surface area contributed by atoms with Gasteiger partial charge in [-0.3, -0.25) is 0 Å². The summed E-state index contributed by atoms with van der Waals surface area (Å²) in [5.74, 6) is 0.729. The quantitative estimate of drug-likeness (QED) is 0.480. The number of thiocarbonyl (C=S) groups is 1. The number of nitrogens with zero attached hydrogens (tertiary/aromatic N) is 2. The van der Waals surface area contributed by atoms with E-state index < -0.39 is 0 Å². The van der Waals surface area contributed by atoms with Gasteiger partial charge < -0.3 is 15.5 Å². The summed E-state index contributed by atoms with van der Waals surface area (Å²) >= 11 is 4.89. The normalized spacial score (nSPS) is 11.7. The lowest BCUT2D eigenvalue weighted by atomic mass is 10.2. The zero-order chi connectivity index (χ0) is 13.3. The molecule has 4 heteroatoms. The maximum absolute atomic E-state index is 5.50. The first-order chi connectivity index (χ1) is 7.91. The van der Waals surface area contributed by atoms with E-state index in [0.29, 0.717) is 4.99 Å². The van der Waals surface area contributed by atoms with Crippen LogP contribution in [0.2, 0.25) is 0 Å². The molecule has 0 aliphatic rings. The molecule has 0 unspecified atom stereocenters. The van der Waals surface area contributed by atoms with E-state index in [2.05, 4.69) is 37.7 Å². The van der Waals surface area contributed by atoms with Crippen LogP contribution < -0.4 is 5.73 Å². The van der Waals surface area contributed by atoms with Gasteiger partial charge in [0.2, 0.25) is 0 Å². The first-order valence-corrected chi connectivity index (χ1v) is 6.98. The summed E-state index contributed by atoms with van der Waals surface area (Å²) in [7, 11) is 4.25. The summed E-state index contributed by atoms with van der Waals surface area (Å²) in [6, 6.07) is 0. The molecule has 0 amide bonds. The highest BCUT2D eigenvalue weighted by atomic mass is 32.1. The van der Waals surface area contributed by atoms with E-state index in [4.69, 9.17) is 18.0 Å². The van der Waals surface area contributed by atoms with Crippen LogP contribution in [-0.4, -0.2) is 55.1 Å². The van der Waals surface area contributed by atoms with Gasteiger partial charge in [-0.05, 0) is 45.8 Å². The third kappa shape index (κ3) is 12.1. The van der Waals surface area contributed by atoms with Crippen molar-refractivity contribution in [1.82, 2.24) is 9.80 Å². The Hall–Kier alpha value is -0.190. The molecule has 17 heavy (non-hydrogen) atoms. The zero-order valence-electron chi connectivity index (χ0n) is 11.9. The molecule has 0 spiro atoms. The average molecular weight is 259 g/mol. The Morgan fingerprint density at radius 3 is 2.24 bits per heavy atom. The van der Waals surface area contributed by atoms with Crippen molar-refractivity contribution in [2.75, 3.05) is 40.3 Å². The molecular weight excluding hydrogens is 230 g/mol. The molecule has 0 saturated heterocycles. The average Bonchev–Trinajstić information content (AvgIpc) is 2.19. The van der Waals surface area contributed by atoms with Gasteiger partial charge in [0.25, 0.3) is 0 Å². The number of likely N-dealkylation sites (N-methyl/N-ethyl adjacent to an activating group) is 1. The molecule has 102 valence electrons. The number of hydrogen-bond acceptors (Lipinski definition) is 3. The highest BCUT2D eigenvalue weighted by Crippen LogP contribution is 2.03. The van der Waals surface area contributed by atoms with E-state index in [9.17, 15) is 0 Å². The van der Waals surface area contributed by atoms with Crippen molar-refractivity contribution in [2.45, 2.75) is 33.1 Å². The minimum Gasteiger partial charge on any atom is -0.393 e. The van der Waals surface area contributed by atoms with Gasteiger partial charge >= 0.3 is 0 Å². The summed E-state index contributed by atoms with van der Waals surface area (Å²) in [5, 5.41) is 0. The van der Waals surface area contributed by atoms with Crippen LogP contribution in [0.5, 0.6) is 0 Å². The van der Waals surface area contributed by atoms with Gasteiger partial charge in [0, 0.05) is 19.6 Å². The van der Waals surface area contributed by atoms with E-state index in [-0.39, 0.29) is 0 Å². The fourth-order valence-corrected chi connectivity index (χ4v) is 1.93. The summed E-state index contributed by atoms with van der Waals surface area (Å²) in [6.45, 7) is 9.17. The van der Waals surface area contributed by atoms with E-state index in [1.807, 2.05) is 0 Å². The van der Waals surface area contributed by atoms with E-state index in [1.165, 1.54) is 13.0 Å². The first-order valence-electron chi connectivity index (χ1n) is 6.57. The Morgan fingerprint density at radius 2 is 1.76 bits per heavy atom. The lowest BCUT2D eigenvalue weighted by Crippen LogP contribution is -2.35. The summed E-state index contributed by atoms with van der Waals surface area (Å²) in [6.07, 6.45) is 3.20. The smallest absolute Gasteiger partial charge is 0.0727 e. The van der Waals surface area contributed by atoms with Crippen LogP contribution in [0.4, 0.5) is 0 Å². The molecule has 0 rings (SSSR count). The fraction of sp³-hybridized carbons (Fsp3) is 0.923. The molecule has 0 aliphatic heterocycles. The molecule has 0 bridgehead atoms. The van der Waals surface area contributed by atoms with Crippen LogP contribution >= 0.6 is 12.2 Å². The van der Waals surface area contributed by atoms with Gasteiger partial charge in [0.05, 0.1) is 4.99 Å². The predicted molar refractivity (Wildman–Crippen MR) is 80.5 cm³/mol. The minimum absolute atomic E-state index is 0.647. The third-order valence-corrected chi connectivity index (χ3v) is 2.84. The van der Waals surface area contributed by atoms with E-state index >= 15 is 0 Å². The molecule has 0 aromatic rings. The number of hydrogen-bond donors (Lipinski definition) is 1.